The predicted molar refractivity (Wildman–Crippen MR) is 90.6 cm³/mol. The van der Waals surface area contributed by atoms with Crippen LogP contribution in [0.25, 0.3) is 0 Å². The minimum Gasteiger partial charge on any atom is -0.472 e. The van der Waals surface area contributed by atoms with Gasteiger partial charge in [-0.25, -0.2) is 0 Å². The molecule has 5 unspecified atom stereocenters. The molecule has 1 aliphatic heterocycles. The fourth-order valence-electron chi connectivity index (χ4n) is 5.45. The van der Waals surface area contributed by atoms with Crippen LogP contribution in [0, 0.1) is 17.3 Å². The highest BCUT2D eigenvalue weighted by atomic mass is 16.6. The number of furan rings is 1. The molecule has 136 valence electrons. The van der Waals surface area contributed by atoms with E-state index in [1.54, 1.807) is 19.6 Å². The maximum Gasteiger partial charge on any atom is 0.313 e. The maximum atomic E-state index is 13.1. The molecule has 1 aromatic rings. The minimum absolute atomic E-state index is 0.00569. The molecular weight excluding hydrogens is 320 g/mol. The largest absolute Gasteiger partial charge is 0.472 e. The van der Waals surface area contributed by atoms with Gasteiger partial charge < -0.3 is 19.0 Å². The summed E-state index contributed by atoms with van der Waals surface area (Å²) in [4.78, 5) is 13.1. The van der Waals surface area contributed by atoms with Crippen molar-refractivity contribution in [1.29, 1.82) is 0 Å². The van der Waals surface area contributed by atoms with E-state index in [4.69, 9.17) is 13.9 Å². The summed E-state index contributed by atoms with van der Waals surface area (Å²) in [6.45, 7) is 2.20. The Morgan fingerprint density at radius 1 is 1.44 bits per heavy atom. The van der Waals surface area contributed by atoms with Gasteiger partial charge in [0.15, 0.2) is 0 Å². The second kappa shape index (κ2) is 6.29. The Labute approximate surface area is 148 Å². The summed E-state index contributed by atoms with van der Waals surface area (Å²) in [5.41, 5.74) is 2.63. The van der Waals surface area contributed by atoms with Gasteiger partial charge in [-0.2, -0.15) is 0 Å². The minimum atomic E-state index is -0.521. The van der Waals surface area contributed by atoms with Crippen LogP contribution in [-0.2, 0) is 14.3 Å². The van der Waals surface area contributed by atoms with Crippen molar-refractivity contribution in [2.75, 3.05) is 13.7 Å². The molecule has 0 aromatic carbocycles. The smallest absolute Gasteiger partial charge is 0.313 e. The highest BCUT2D eigenvalue weighted by molar-refractivity contribution is 5.81. The van der Waals surface area contributed by atoms with Crippen molar-refractivity contribution >= 4 is 5.97 Å². The molecule has 0 radical (unpaired) electrons. The van der Waals surface area contributed by atoms with Crippen LogP contribution in [0.4, 0.5) is 0 Å². The third-order valence-electron chi connectivity index (χ3n) is 6.71. The van der Waals surface area contributed by atoms with Crippen molar-refractivity contribution < 1.29 is 23.8 Å². The van der Waals surface area contributed by atoms with E-state index in [1.165, 1.54) is 5.57 Å². The summed E-state index contributed by atoms with van der Waals surface area (Å²) in [6.07, 6.45) is 7.35. The lowest BCUT2D eigenvalue weighted by molar-refractivity contribution is -0.156. The van der Waals surface area contributed by atoms with Crippen molar-refractivity contribution in [1.82, 2.24) is 0 Å². The van der Waals surface area contributed by atoms with E-state index in [-0.39, 0.29) is 36.6 Å². The first-order chi connectivity index (χ1) is 12.1. The molecule has 2 aliphatic carbocycles. The van der Waals surface area contributed by atoms with Gasteiger partial charge in [-0.3, -0.25) is 4.79 Å². The number of methoxy groups -OCH3 is 1. The summed E-state index contributed by atoms with van der Waals surface area (Å²) in [7, 11) is 1.73. The normalized spacial score (nSPS) is 38.1. The van der Waals surface area contributed by atoms with Gasteiger partial charge in [0, 0.05) is 19.1 Å². The quantitative estimate of drug-likeness (QED) is 0.671. The molecule has 1 spiro atoms. The zero-order chi connectivity index (χ0) is 17.6. The highest BCUT2D eigenvalue weighted by Gasteiger charge is 2.62. The van der Waals surface area contributed by atoms with Gasteiger partial charge >= 0.3 is 5.97 Å². The molecule has 1 saturated carbocycles. The predicted octanol–water partition coefficient (Wildman–Crippen LogP) is 3.40. The Morgan fingerprint density at radius 3 is 2.96 bits per heavy atom. The molecule has 1 saturated heterocycles. The van der Waals surface area contributed by atoms with Crippen LogP contribution in [0.15, 0.2) is 34.2 Å². The average Bonchev–Trinajstić information content (AvgIpc) is 3.26. The second-order valence-corrected chi connectivity index (χ2v) is 7.72. The Kier molecular flexibility index (Phi) is 4.24. The number of cyclic esters (lactones) is 1. The van der Waals surface area contributed by atoms with Crippen LogP contribution >= 0.6 is 0 Å². The Balaban J connectivity index is 1.77. The molecule has 2 heterocycles. The van der Waals surface area contributed by atoms with Crippen LogP contribution in [0.5, 0.6) is 0 Å². The number of carbonyl (C=O) groups is 1. The topological polar surface area (TPSA) is 68.9 Å². The first-order valence-electron chi connectivity index (χ1n) is 9.20. The number of esters is 1. The standard InChI is InChI=1S/C20H26O5/c1-12-8-16(23-2)18-13(10-21)4-3-5-15(18)20(12)9-17(25-19(20)22)14-6-7-24-11-14/h6-7,11-12,15-17,21H,3-5,8-10H2,1-2H3. The van der Waals surface area contributed by atoms with Crippen LogP contribution < -0.4 is 0 Å². The number of aliphatic hydroxyl groups is 1. The molecule has 2 fully saturated rings. The number of hydrogen-bond acceptors (Lipinski definition) is 5. The Hall–Kier alpha value is -1.59. The van der Waals surface area contributed by atoms with E-state index >= 15 is 0 Å². The fourth-order valence-corrected chi connectivity index (χ4v) is 5.45. The first kappa shape index (κ1) is 16.9. The molecule has 5 heteroatoms. The van der Waals surface area contributed by atoms with Crippen LogP contribution in [0.1, 0.15) is 50.7 Å². The molecule has 5 nitrogen and oxygen atoms in total. The van der Waals surface area contributed by atoms with Gasteiger partial charge in [0.25, 0.3) is 0 Å². The number of hydrogen-bond donors (Lipinski definition) is 1. The summed E-state index contributed by atoms with van der Waals surface area (Å²) in [6, 6.07) is 1.87. The van der Waals surface area contributed by atoms with E-state index in [2.05, 4.69) is 6.92 Å². The van der Waals surface area contributed by atoms with Crippen LogP contribution in [-0.4, -0.2) is 30.9 Å². The van der Waals surface area contributed by atoms with Gasteiger partial charge in [0.2, 0.25) is 0 Å². The average molecular weight is 346 g/mol. The molecule has 1 aromatic heterocycles. The lowest BCUT2D eigenvalue weighted by atomic mass is 9.53. The van der Waals surface area contributed by atoms with E-state index in [9.17, 15) is 9.90 Å². The molecule has 25 heavy (non-hydrogen) atoms. The van der Waals surface area contributed by atoms with Gasteiger partial charge in [-0.15, -0.1) is 0 Å². The summed E-state index contributed by atoms with van der Waals surface area (Å²) >= 11 is 0. The molecule has 1 N–H and O–H groups in total. The van der Waals surface area contributed by atoms with Crippen LogP contribution in [0.2, 0.25) is 0 Å². The van der Waals surface area contributed by atoms with Gasteiger partial charge in [-0.1, -0.05) is 6.92 Å². The van der Waals surface area contributed by atoms with E-state index in [0.717, 1.165) is 36.8 Å². The molecule has 4 rings (SSSR count). The third kappa shape index (κ3) is 2.40. The number of ether oxygens (including phenoxy) is 2. The Morgan fingerprint density at radius 2 is 2.28 bits per heavy atom. The third-order valence-corrected chi connectivity index (χ3v) is 6.71. The first-order valence-corrected chi connectivity index (χ1v) is 9.20. The molecule has 0 bridgehead atoms. The monoisotopic (exact) mass is 346 g/mol. The molecule has 3 aliphatic rings. The molecule has 0 amide bonds. The number of aliphatic hydroxyl groups excluding tert-OH is 1. The van der Waals surface area contributed by atoms with Gasteiger partial charge in [0.1, 0.15) is 6.10 Å². The van der Waals surface area contributed by atoms with Crippen molar-refractivity contribution in [3.05, 3.63) is 35.3 Å². The second-order valence-electron chi connectivity index (χ2n) is 7.72. The zero-order valence-electron chi connectivity index (χ0n) is 14.9. The number of carbonyl (C=O) groups excluding carboxylic acids is 1. The maximum absolute atomic E-state index is 13.1. The van der Waals surface area contributed by atoms with Crippen molar-refractivity contribution in [3.8, 4) is 0 Å². The van der Waals surface area contributed by atoms with E-state index in [0.29, 0.717) is 6.42 Å². The highest BCUT2D eigenvalue weighted by Crippen LogP contribution is 2.61. The zero-order valence-corrected chi connectivity index (χ0v) is 14.9. The Bertz CT molecular complexity index is 676. The summed E-state index contributed by atoms with van der Waals surface area (Å²) in [5, 5.41) is 9.87. The van der Waals surface area contributed by atoms with E-state index in [1.807, 2.05) is 6.07 Å². The summed E-state index contributed by atoms with van der Waals surface area (Å²) < 4.78 is 16.8. The molecular formula is C20H26O5. The van der Waals surface area contributed by atoms with Crippen molar-refractivity contribution in [2.45, 2.75) is 51.2 Å². The SMILES string of the molecule is COC1CC(C)C2(CC(c3ccoc3)OC2=O)C2CCCC(CO)=C12. The summed E-state index contributed by atoms with van der Waals surface area (Å²) in [5.74, 6) is 0.178. The van der Waals surface area contributed by atoms with Gasteiger partial charge in [0.05, 0.1) is 30.7 Å². The van der Waals surface area contributed by atoms with Crippen LogP contribution in [0.3, 0.4) is 0 Å². The number of rotatable bonds is 3. The van der Waals surface area contributed by atoms with Crippen molar-refractivity contribution in [3.63, 3.8) is 0 Å². The van der Waals surface area contributed by atoms with E-state index < -0.39 is 5.41 Å². The lowest BCUT2D eigenvalue weighted by Gasteiger charge is -2.50. The number of fused-ring (bicyclic) bond motifs is 2. The molecule has 5 atom stereocenters. The fraction of sp³-hybridized carbons (Fsp3) is 0.650. The van der Waals surface area contributed by atoms with Crippen molar-refractivity contribution in [2.24, 2.45) is 17.3 Å². The van der Waals surface area contributed by atoms with Gasteiger partial charge in [-0.05, 0) is 54.7 Å². The lowest BCUT2D eigenvalue weighted by Crippen LogP contribution is -2.50.